The summed E-state index contributed by atoms with van der Waals surface area (Å²) in [5.41, 5.74) is 2.48. The van der Waals surface area contributed by atoms with Crippen LogP contribution in [-0.2, 0) is 30.2 Å². The van der Waals surface area contributed by atoms with E-state index in [0.717, 1.165) is 37.3 Å². The van der Waals surface area contributed by atoms with Crippen LogP contribution < -0.4 is 20.0 Å². The van der Waals surface area contributed by atoms with Crippen molar-refractivity contribution in [3.05, 3.63) is 34.3 Å². The van der Waals surface area contributed by atoms with E-state index in [1.54, 1.807) is 47.7 Å². The topological polar surface area (TPSA) is 143 Å². The Morgan fingerprint density at radius 3 is 1.91 bits per heavy atom. The Morgan fingerprint density at radius 2 is 1.38 bits per heavy atom. The van der Waals surface area contributed by atoms with Crippen molar-refractivity contribution in [2.45, 2.75) is 25.5 Å². The van der Waals surface area contributed by atoms with E-state index in [9.17, 15) is 5.26 Å². The van der Waals surface area contributed by atoms with Crippen LogP contribution in [0.25, 0.3) is 11.0 Å². The second-order valence-corrected chi connectivity index (χ2v) is 11.5. The summed E-state index contributed by atoms with van der Waals surface area (Å²) in [6.45, 7) is 6.08. The summed E-state index contributed by atoms with van der Waals surface area (Å²) in [5.74, 6) is 2.29. The van der Waals surface area contributed by atoms with Gasteiger partial charge in [0.15, 0.2) is 11.6 Å². The summed E-state index contributed by atoms with van der Waals surface area (Å²) in [6.07, 6.45) is 1.92. The average Bonchev–Trinajstić information content (AvgIpc) is 3.10. The van der Waals surface area contributed by atoms with Crippen LogP contribution in [0.5, 0.6) is 0 Å². The smallest absolute Gasteiger partial charge is 0.228 e. The number of nitrogens with one attached hydrogen (secondary N) is 1. The largest absolute Gasteiger partial charge is 0.383 e. The predicted octanol–water partition coefficient (Wildman–Crippen LogP) is 3.37. The van der Waals surface area contributed by atoms with Gasteiger partial charge in [0.25, 0.3) is 0 Å². The number of fused-ring (bicyclic) bond motifs is 1. The number of anilines is 4. The molecule has 2 aromatic heterocycles. The molecule has 0 radical (unpaired) electrons. The van der Waals surface area contributed by atoms with Gasteiger partial charge in [-0.25, -0.2) is 9.97 Å². The fourth-order valence-electron chi connectivity index (χ4n) is 5.29. The van der Waals surface area contributed by atoms with Crippen LogP contribution in [0.3, 0.4) is 0 Å². The van der Waals surface area contributed by atoms with Crippen LogP contribution in [-0.4, -0.2) is 127 Å². The molecule has 14 nitrogen and oxygen atoms in total. The van der Waals surface area contributed by atoms with Crippen molar-refractivity contribution in [2.24, 2.45) is 0 Å². The number of methoxy groups -OCH3 is 5. The predicted molar refractivity (Wildman–Crippen MR) is 183 cm³/mol. The first kappa shape index (κ1) is 36.3. The molecule has 1 aliphatic rings. The van der Waals surface area contributed by atoms with Crippen LogP contribution >= 0.6 is 11.6 Å². The Balaban J connectivity index is 1.90. The van der Waals surface area contributed by atoms with Crippen LogP contribution in [0.15, 0.2) is 18.2 Å². The summed E-state index contributed by atoms with van der Waals surface area (Å²) < 4.78 is 27.3. The molecular formula is C32H46ClN9O5. The van der Waals surface area contributed by atoms with Gasteiger partial charge in [-0.2, -0.15) is 15.2 Å². The van der Waals surface area contributed by atoms with Crippen LogP contribution in [0.2, 0.25) is 5.02 Å². The number of benzene rings is 1. The molecule has 3 aromatic rings. The highest BCUT2D eigenvalue weighted by atomic mass is 35.5. The van der Waals surface area contributed by atoms with Crippen LogP contribution in [0, 0.1) is 11.3 Å². The normalized spacial score (nSPS) is 13.6. The maximum Gasteiger partial charge on any atom is 0.228 e. The quantitative estimate of drug-likeness (QED) is 0.199. The number of rotatable bonds is 19. The first-order chi connectivity index (χ1) is 23.0. The van der Waals surface area contributed by atoms with Gasteiger partial charge in [0.05, 0.1) is 43.1 Å². The van der Waals surface area contributed by atoms with Gasteiger partial charge in [0.1, 0.15) is 17.1 Å². The third-order valence-electron chi connectivity index (χ3n) is 8.01. The van der Waals surface area contributed by atoms with E-state index < -0.39 is 0 Å². The Labute approximate surface area is 281 Å². The second-order valence-electron chi connectivity index (χ2n) is 11.1. The van der Waals surface area contributed by atoms with Crippen molar-refractivity contribution >= 4 is 46.2 Å². The highest BCUT2D eigenvalue weighted by Gasteiger charge is 2.27. The lowest BCUT2D eigenvalue weighted by Crippen LogP contribution is -2.38. The number of piperidine rings is 1. The zero-order valence-electron chi connectivity index (χ0n) is 28.0. The van der Waals surface area contributed by atoms with Gasteiger partial charge in [0, 0.05) is 81.4 Å². The molecule has 0 unspecified atom stereocenters. The van der Waals surface area contributed by atoms with Crippen molar-refractivity contribution in [2.75, 3.05) is 121 Å². The SMILES string of the molecule is COCCN(CCOC)c1nc(N2CCC(OC)CC2)c2nc(N(CCOC)CCOC)nc(NCc3ccc(Cl)c(C#N)c3)c2n1. The number of ether oxygens (including phenoxy) is 5. The third kappa shape index (κ3) is 9.72. The summed E-state index contributed by atoms with van der Waals surface area (Å²) in [5, 5.41) is 13.4. The van der Waals surface area contributed by atoms with E-state index in [1.807, 2.05) is 11.0 Å². The minimum absolute atomic E-state index is 0.192. The molecule has 0 saturated carbocycles. The van der Waals surface area contributed by atoms with E-state index in [0.29, 0.717) is 98.5 Å². The lowest BCUT2D eigenvalue weighted by Gasteiger charge is -2.33. The van der Waals surface area contributed by atoms with Crippen molar-refractivity contribution in [3.63, 3.8) is 0 Å². The van der Waals surface area contributed by atoms with Crippen molar-refractivity contribution in [3.8, 4) is 6.07 Å². The fourth-order valence-corrected chi connectivity index (χ4v) is 5.45. The number of halogens is 1. The van der Waals surface area contributed by atoms with E-state index in [4.69, 9.17) is 55.2 Å². The zero-order chi connectivity index (χ0) is 33.6. The molecule has 1 fully saturated rings. The summed E-state index contributed by atoms with van der Waals surface area (Å²) in [4.78, 5) is 26.7. The van der Waals surface area contributed by atoms with Gasteiger partial charge in [-0.3, -0.25) is 0 Å². The van der Waals surface area contributed by atoms with E-state index in [1.165, 1.54) is 0 Å². The molecule has 3 heterocycles. The Morgan fingerprint density at radius 1 is 0.830 bits per heavy atom. The molecule has 0 atom stereocenters. The molecular weight excluding hydrogens is 626 g/mol. The highest BCUT2D eigenvalue weighted by Crippen LogP contribution is 2.33. The molecule has 0 spiro atoms. The maximum atomic E-state index is 9.55. The average molecular weight is 672 g/mol. The Hall–Kier alpha value is -3.58. The third-order valence-corrected chi connectivity index (χ3v) is 8.34. The van der Waals surface area contributed by atoms with Gasteiger partial charge in [-0.15, -0.1) is 0 Å². The van der Waals surface area contributed by atoms with E-state index in [2.05, 4.69) is 21.2 Å². The molecule has 1 aromatic carbocycles. The highest BCUT2D eigenvalue weighted by molar-refractivity contribution is 6.31. The lowest BCUT2D eigenvalue weighted by atomic mass is 10.1. The molecule has 0 bridgehead atoms. The van der Waals surface area contributed by atoms with Gasteiger partial charge >= 0.3 is 0 Å². The Kier molecular flexibility index (Phi) is 14.4. The molecule has 4 rings (SSSR count). The van der Waals surface area contributed by atoms with E-state index >= 15 is 0 Å². The number of hydrogen-bond donors (Lipinski definition) is 1. The summed E-state index contributed by atoms with van der Waals surface area (Å²) >= 11 is 6.22. The zero-order valence-corrected chi connectivity index (χ0v) is 28.8. The number of nitriles is 1. The molecule has 1 aliphatic heterocycles. The Bertz CT molecular complexity index is 1450. The standard InChI is InChI=1S/C32H46ClN9O5/c1-43-16-12-41(13-17-44-2)31-37-28-27(29(38-31)35-22-23-6-7-26(33)24(20-23)21-34)36-32(42(14-18-45-3)15-19-46-4)39-30(28)40-10-8-25(47-5)9-11-40/h6-7,20,25H,8-19,22H2,1-5H3,(H,35,37,38). The minimum atomic E-state index is 0.192. The van der Waals surface area contributed by atoms with Gasteiger partial charge in [-0.1, -0.05) is 17.7 Å². The van der Waals surface area contributed by atoms with Crippen molar-refractivity contribution in [1.82, 2.24) is 19.9 Å². The van der Waals surface area contributed by atoms with Gasteiger partial charge in [-0.05, 0) is 30.5 Å². The molecule has 1 saturated heterocycles. The van der Waals surface area contributed by atoms with Crippen LogP contribution in [0.1, 0.15) is 24.0 Å². The van der Waals surface area contributed by atoms with Crippen molar-refractivity contribution < 1.29 is 23.7 Å². The summed E-state index contributed by atoms with van der Waals surface area (Å²) in [7, 11) is 8.44. The first-order valence-corrected chi connectivity index (χ1v) is 16.1. The fraction of sp³-hybridized carbons (Fsp3) is 0.594. The first-order valence-electron chi connectivity index (χ1n) is 15.7. The molecule has 0 amide bonds. The number of hydrogen-bond acceptors (Lipinski definition) is 14. The minimum Gasteiger partial charge on any atom is -0.383 e. The molecule has 256 valence electrons. The van der Waals surface area contributed by atoms with Gasteiger partial charge < -0.3 is 43.7 Å². The summed E-state index contributed by atoms with van der Waals surface area (Å²) in [6, 6.07) is 7.53. The monoisotopic (exact) mass is 671 g/mol. The second kappa shape index (κ2) is 18.7. The van der Waals surface area contributed by atoms with Gasteiger partial charge in [0.2, 0.25) is 11.9 Å². The van der Waals surface area contributed by atoms with E-state index in [-0.39, 0.29) is 6.10 Å². The number of aromatic nitrogens is 4. The number of nitrogens with zero attached hydrogens (tertiary/aromatic N) is 8. The maximum absolute atomic E-state index is 9.55. The molecule has 47 heavy (non-hydrogen) atoms. The molecule has 15 heteroatoms. The van der Waals surface area contributed by atoms with Crippen molar-refractivity contribution in [1.29, 1.82) is 5.26 Å². The molecule has 1 N–H and O–H groups in total. The lowest BCUT2D eigenvalue weighted by molar-refractivity contribution is 0.0818. The van der Waals surface area contributed by atoms with Crippen LogP contribution in [0.4, 0.5) is 23.5 Å². The molecule has 0 aliphatic carbocycles.